The number of ketones is 2. The normalized spacial score (nSPS) is 17.3. The van der Waals surface area contributed by atoms with Gasteiger partial charge in [-0.1, -0.05) is 18.2 Å². The molecule has 0 saturated carbocycles. The van der Waals surface area contributed by atoms with Crippen LogP contribution < -0.4 is 10.5 Å². The van der Waals surface area contributed by atoms with E-state index in [1.807, 2.05) is 0 Å². The monoisotopic (exact) mass is 459 g/mol. The van der Waals surface area contributed by atoms with Gasteiger partial charge in [0, 0.05) is 22.8 Å². The number of amides is 1. The Balaban J connectivity index is 2.04. The van der Waals surface area contributed by atoms with Crippen molar-refractivity contribution in [3.05, 3.63) is 81.4 Å². The first-order valence-corrected chi connectivity index (χ1v) is 10.2. The highest BCUT2D eigenvalue weighted by Gasteiger charge is 2.56. The van der Waals surface area contributed by atoms with Gasteiger partial charge in [-0.15, -0.1) is 0 Å². The van der Waals surface area contributed by atoms with Crippen LogP contribution in [-0.2, 0) is 10.3 Å². The van der Waals surface area contributed by atoms with E-state index in [0.717, 1.165) is 6.07 Å². The summed E-state index contributed by atoms with van der Waals surface area (Å²) in [6.07, 6.45) is 0. The van der Waals surface area contributed by atoms with E-state index in [1.165, 1.54) is 32.0 Å². The Kier molecular flexibility index (Phi) is 4.31. The van der Waals surface area contributed by atoms with Gasteiger partial charge in [-0.2, -0.15) is 0 Å². The highest BCUT2D eigenvalue weighted by atomic mass is 16.6. The molecule has 1 unspecified atom stereocenters. The van der Waals surface area contributed by atoms with Crippen molar-refractivity contribution in [3.8, 4) is 23.0 Å². The molecule has 9 nitrogen and oxygen atoms in total. The van der Waals surface area contributed by atoms with Crippen LogP contribution in [0.2, 0.25) is 0 Å². The highest BCUT2D eigenvalue weighted by Crippen LogP contribution is 2.59. The van der Waals surface area contributed by atoms with E-state index in [2.05, 4.69) is 0 Å². The zero-order chi connectivity index (χ0) is 24.5. The van der Waals surface area contributed by atoms with Crippen LogP contribution in [0.4, 0.5) is 0 Å². The molecule has 3 aromatic carbocycles. The maximum Gasteiger partial charge on any atom is 0.340 e. The number of carbonyl (C=O) groups excluding carboxylic acids is 4. The van der Waals surface area contributed by atoms with E-state index in [9.17, 15) is 29.4 Å². The van der Waals surface area contributed by atoms with Crippen molar-refractivity contribution >= 4 is 23.4 Å². The Bertz CT molecular complexity index is 1490. The molecule has 0 bridgehead atoms. The number of nitrogens with two attached hydrogens (primary N) is 1. The van der Waals surface area contributed by atoms with E-state index in [-0.39, 0.29) is 44.9 Å². The zero-order valence-electron chi connectivity index (χ0n) is 18.0. The SMILES string of the molecule is CC(=O)c1c(O)cc2c(c1C(C)=O)C1(OC(=O)c3ccccc31)c1ccc(O)c(C(N)=O)c1O2. The summed E-state index contributed by atoms with van der Waals surface area (Å²) in [5, 5.41) is 21.0. The van der Waals surface area contributed by atoms with Crippen LogP contribution >= 0.6 is 0 Å². The number of phenolic OH excluding ortho intramolecular Hbond substituents is 1. The lowest BCUT2D eigenvalue weighted by Crippen LogP contribution is -2.36. The van der Waals surface area contributed by atoms with Gasteiger partial charge in [0.2, 0.25) is 0 Å². The predicted octanol–water partition coefficient (Wildman–Crippen LogP) is 3.17. The van der Waals surface area contributed by atoms with E-state index in [4.69, 9.17) is 15.2 Å². The summed E-state index contributed by atoms with van der Waals surface area (Å²) in [5.41, 5.74) is 3.53. The minimum atomic E-state index is -1.83. The van der Waals surface area contributed by atoms with Crippen LogP contribution in [0.5, 0.6) is 23.0 Å². The van der Waals surface area contributed by atoms with Gasteiger partial charge < -0.3 is 25.4 Å². The number of aromatic hydroxyl groups is 2. The number of benzene rings is 3. The number of primary amides is 1. The maximum absolute atomic E-state index is 13.0. The van der Waals surface area contributed by atoms with Gasteiger partial charge in [0.1, 0.15) is 22.8 Å². The third kappa shape index (κ3) is 2.54. The summed E-state index contributed by atoms with van der Waals surface area (Å²) >= 11 is 0. The van der Waals surface area contributed by atoms with Crippen molar-refractivity contribution in [2.75, 3.05) is 0 Å². The second-order valence-electron chi connectivity index (χ2n) is 8.05. The van der Waals surface area contributed by atoms with Crippen molar-refractivity contribution in [1.29, 1.82) is 0 Å². The Hall–Kier alpha value is -4.66. The van der Waals surface area contributed by atoms with Crippen LogP contribution in [0.1, 0.15) is 72.0 Å². The number of rotatable bonds is 3. The zero-order valence-corrected chi connectivity index (χ0v) is 18.0. The predicted molar refractivity (Wildman–Crippen MR) is 117 cm³/mol. The molecule has 2 heterocycles. The molecular formula is C25H17NO8. The largest absolute Gasteiger partial charge is 0.507 e. The van der Waals surface area contributed by atoms with Gasteiger partial charge in [0.05, 0.1) is 16.7 Å². The lowest BCUT2D eigenvalue weighted by Gasteiger charge is -2.38. The standard InChI is InChI=1S/C25H17NO8/c1-10(27)18-16(30)9-17-21(19(18)11(2)28)25(13-6-4-3-5-12(13)24(32)34-25)14-7-8-15(29)20(23(26)31)22(14)33-17/h3-9,29-30H,1-2H3,(H2,26,31). The average Bonchev–Trinajstić information content (AvgIpc) is 3.05. The third-order valence-electron chi connectivity index (χ3n) is 6.07. The van der Waals surface area contributed by atoms with Crippen LogP contribution in [0.3, 0.4) is 0 Å². The van der Waals surface area contributed by atoms with Gasteiger partial charge in [-0.3, -0.25) is 14.4 Å². The van der Waals surface area contributed by atoms with Crippen molar-refractivity contribution in [2.45, 2.75) is 19.4 Å². The number of hydrogen-bond acceptors (Lipinski definition) is 8. The topological polar surface area (TPSA) is 153 Å². The van der Waals surface area contributed by atoms with Crippen molar-refractivity contribution < 1.29 is 38.9 Å². The lowest BCUT2D eigenvalue weighted by atomic mass is 9.73. The van der Waals surface area contributed by atoms with Gasteiger partial charge in [0.15, 0.2) is 22.9 Å². The van der Waals surface area contributed by atoms with Crippen LogP contribution in [0.25, 0.3) is 0 Å². The quantitative estimate of drug-likeness (QED) is 0.399. The summed E-state index contributed by atoms with van der Waals surface area (Å²) in [6.45, 7) is 2.40. The molecule has 4 N–H and O–H groups in total. The Morgan fingerprint density at radius 3 is 2.21 bits per heavy atom. The molecule has 0 radical (unpaired) electrons. The molecule has 0 fully saturated rings. The number of ether oxygens (including phenoxy) is 2. The number of fused-ring (bicyclic) bond motifs is 6. The second-order valence-corrected chi connectivity index (χ2v) is 8.05. The fourth-order valence-electron chi connectivity index (χ4n) is 4.82. The molecule has 2 aliphatic heterocycles. The smallest absolute Gasteiger partial charge is 0.340 e. The molecule has 170 valence electrons. The highest BCUT2D eigenvalue weighted by molar-refractivity contribution is 6.12. The molecule has 2 aliphatic rings. The molecule has 0 aromatic heterocycles. The van der Waals surface area contributed by atoms with Gasteiger partial charge in [0.25, 0.3) is 5.91 Å². The summed E-state index contributed by atoms with van der Waals surface area (Å²) in [5.74, 6) is -4.25. The first-order valence-electron chi connectivity index (χ1n) is 10.2. The van der Waals surface area contributed by atoms with E-state index in [0.29, 0.717) is 5.56 Å². The average molecular weight is 459 g/mol. The number of phenols is 2. The van der Waals surface area contributed by atoms with Crippen LogP contribution in [0.15, 0.2) is 42.5 Å². The summed E-state index contributed by atoms with van der Waals surface area (Å²) in [4.78, 5) is 50.6. The minimum absolute atomic E-state index is 0.0231. The molecule has 5 rings (SSSR count). The fraction of sp³-hybridized carbons (Fsp3) is 0.120. The van der Waals surface area contributed by atoms with Crippen molar-refractivity contribution in [3.63, 3.8) is 0 Å². The van der Waals surface area contributed by atoms with Crippen molar-refractivity contribution in [1.82, 2.24) is 0 Å². The van der Waals surface area contributed by atoms with Gasteiger partial charge in [-0.25, -0.2) is 4.79 Å². The second kappa shape index (κ2) is 6.92. The number of Topliss-reactive ketones (excluding diaryl/α,β-unsaturated/α-hetero) is 2. The molecule has 0 saturated heterocycles. The molecule has 1 amide bonds. The first-order chi connectivity index (χ1) is 16.1. The molecule has 3 aromatic rings. The molecule has 0 aliphatic carbocycles. The number of esters is 1. The number of carbonyl (C=O) groups is 4. The van der Waals surface area contributed by atoms with Crippen LogP contribution in [-0.4, -0.2) is 33.7 Å². The molecule has 1 spiro atoms. The molecule has 9 heteroatoms. The van der Waals surface area contributed by atoms with E-state index >= 15 is 0 Å². The fourth-order valence-corrected chi connectivity index (χ4v) is 4.82. The minimum Gasteiger partial charge on any atom is -0.507 e. The lowest BCUT2D eigenvalue weighted by molar-refractivity contribution is 0.0220. The van der Waals surface area contributed by atoms with Gasteiger partial charge in [-0.05, 0) is 32.0 Å². The van der Waals surface area contributed by atoms with Crippen LogP contribution in [0, 0.1) is 0 Å². The Morgan fingerprint density at radius 1 is 0.882 bits per heavy atom. The molecule has 1 atom stereocenters. The molecule has 34 heavy (non-hydrogen) atoms. The molecular weight excluding hydrogens is 442 g/mol. The first kappa shape index (κ1) is 21.2. The third-order valence-corrected chi connectivity index (χ3v) is 6.07. The summed E-state index contributed by atoms with van der Waals surface area (Å²) < 4.78 is 11.9. The van der Waals surface area contributed by atoms with Gasteiger partial charge >= 0.3 is 5.97 Å². The number of hydrogen-bond donors (Lipinski definition) is 3. The van der Waals surface area contributed by atoms with E-state index in [1.54, 1.807) is 18.2 Å². The Labute approximate surface area is 192 Å². The maximum atomic E-state index is 13.0. The Morgan fingerprint density at radius 2 is 1.56 bits per heavy atom. The van der Waals surface area contributed by atoms with Crippen molar-refractivity contribution in [2.24, 2.45) is 5.73 Å². The van der Waals surface area contributed by atoms with E-state index < -0.39 is 40.5 Å². The summed E-state index contributed by atoms with van der Waals surface area (Å²) in [7, 11) is 0. The summed E-state index contributed by atoms with van der Waals surface area (Å²) in [6, 6.07) is 10.1.